The quantitative estimate of drug-likeness (QED) is 0.596. The summed E-state index contributed by atoms with van der Waals surface area (Å²) in [6, 6.07) is 18.3. The zero-order chi connectivity index (χ0) is 13.2. The molecule has 2 aromatic carbocycles. The third-order valence-corrected chi connectivity index (χ3v) is 4.10. The van der Waals surface area contributed by atoms with Gasteiger partial charge < -0.3 is 4.42 Å². The van der Waals surface area contributed by atoms with Crippen molar-refractivity contribution >= 4 is 33.4 Å². The molecule has 19 heavy (non-hydrogen) atoms. The number of rotatable bonds is 1. The molecule has 0 radical (unpaired) electrons. The second-order valence-electron chi connectivity index (χ2n) is 4.19. The van der Waals surface area contributed by atoms with Crippen LogP contribution >= 0.6 is 22.6 Å². The minimum Gasteiger partial charge on any atom is -0.437 e. The first-order valence-electron chi connectivity index (χ1n) is 6.01. The number of benzene rings is 2. The van der Waals surface area contributed by atoms with Crippen molar-refractivity contribution in [1.82, 2.24) is 0 Å². The zero-order valence-corrected chi connectivity index (χ0v) is 12.6. The molecule has 0 spiro atoms. The number of halogens is 1. The summed E-state index contributed by atoms with van der Waals surface area (Å²) in [6.45, 7) is 0. The Kier molecular flexibility index (Phi) is 3.38. The van der Waals surface area contributed by atoms with Crippen LogP contribution in [0.1, 0.15) is 0 Å². The minimum atomic E-state index is 0.676. The van der Waals surface area contributed by atoms with Crippen molar-refractivity contribution in [3.63, 3.8) is 0 Å². The first-order valence-corrected chi connectivity index (χ1v) is 7.08. The molecular weight excluding hydrogens is 349 g/mol. The van der Waals surface area contributed by atoms with E-state index in [9.17, 15) is 0 Å². The summed E-state index contributed by atoms with van der Waals surface area (Å²) < 4.78 is 7.10. The van der Waals surface area contributed by atoms with Crippen LogP contribution < -0.4 is 5.55 Å². The van der Waals surface area contributed by atoms with Crippen LogP contribution in [0.5, 0.6) is 0 Å². The van der Waals surface area contributed by atoms with E-state index in [1.807, 2.05) is 36.4 Å². The predicted octanol–water partition coefficient (Wildman–Crippen LogP) is 4.23. The summed E-state index contributed by atoms with van der Waals surface area (Å²) in [5.74, 6) is 0.875. The fourth-order valence-corrected chi connectivity index (χ4v) is 3.01. The Bertz CT molecular complexity index is 791. The lowest BCUT2D eigenvalue weighted by atomic mass is 10.1. The molecule has 0 saturated carbocycles. The summed E-state index contributed by atoms with van der Waals surface area (Å²) >= 11 is 2.34. The molecule has 0 amide bonds. The third kappa shape index (κ3) is 2.18. The smallest absolute Gasteiger partial charge is 0.222 e. The van der Waals surface area contributed by atoms with Gasteiger partial charge in [-0.3, -0.25) is 4.99 Å². The van der Waals surface area contributed by atoms with Gasteiger partial charge in [-0.05, 0) is 28.7 Å². The van der Waals surface area contributed by atoms with E-state index in [4.69, 9.17) is 4.42 Å². The summed E-state index contributed by atoms with van der Waals surface area (Å²) in [4.78, 5) is 4.26. The summed E-state index contributed by atoms with van der Waals surface area (Å²) in [5, 5.41) is 2.22. The van der Waals surface area contributed by atoms with Gasteiger partial charge in [0.25, 0.3) is 0 Å². The third-order valence-electron chi connectivity index (χ3n) is 3.03. The normalized spacial score (nSPS) is 12.0. The van der Waals surface area contributed by atoms with Crippen molar-refractivity contribution in [2.45, 2.75) is 0 Å². The van der Waals surface area contributed by atoms with Crippen molar-refractivity contribution in [1.29, 1.82) is 0 Å². The van der Waals surface area contributed by atoms with Gasteiger partial charge in [0.1, 0.15) is 0 Å². The van der Waals surface area contributed by atoms with Gasteiger partial charge in [0.15, 0.2) is 5.76 Å². The van der Waals surface area contributed by atoms with Gasteiger partial charge in [0.05, 0.1) is 3.57 Å². The molecule has 0 aliphatic rings. The molecule has 0 N–H and O–H groups in total. The lowest BCUT2D eigenvalue weighted by molar-refractivity contribution is 0.515. The minimum absolute atomic E-state index is 0.676. The van der Waals surface area contributed by atoms with Gasteiger partial charge in [-0.25, -0.2) is 0 Å². The summed E-state index contributed by atoms with van der Waals surface area (Å²) in [7, 11) is 1.76. The molecule has 0 unspecified atom stereocenters. The maximum Gasteiger partial charge on any atom is 0.222 e. The van der Waals surface area contributed by atoms with Crippen LogP contribution in [0.25, 0.3) is 22.1 Å². The summed E-state index contributed by atoms with van der Waals surface area (Å²) in [6.07, 6.45) is 0. The molecule has 2 nitrogen and oxygen atoms in total. The number of hydrogen-bond donors (Lipinski definition) is 0. The first-order chi connectivity index (χ1) is 9.31. The molecular formula is C16H12INO. The van der Waals surface area contributed by atoms with Crippen molar-refractivity contribution < 1.29 is 4.42 Å². The Hall–Kier alpha value is -1.62. The van der Waals surface area contributed by atoms with Crippen molar-refractivity contribution in [2.75, 3.05) is 7.05 Å². The largest absolute Gasteiger partial charge is 0.437 e. The van der Waals surface area contributed by atoms with Gasteiger partial charge in [0.2, 0.25) is 5.55 Å². The van der Waals surface area contributed by atoms with Gasteiger partial charge in [-0.15, -0.1) is 0 Å². The molecule has 0 saturated heterocycles. The van der Waals surface area contributed by atoms with Crippen molar-refractivity contribution in [3.8, 4) is 11.3 Å². The van der Waals surface area contributed by atoms with Crippen LogP contribution in [-0.4, -0.2) is 7.05 Å². The average molecular weight is 361 g/mol. The predicted molar refractivity (Wildman–Crippen MR) is 85.9 cm³/mol. The number of hydrogen-bond acceptors (Lipinski definition) is 2. The highest BCUT2D eigenvalue weighted by atomic mass is 127. The van der Waals surface area contributed by atoms with E-state index in [2.05, 4.69) is 45.8 Å². The van der Waals surface area contributed by atoms with Gasteiger partial charge in [-0.2, -0.15) is 0 Å². The van der Waals surface area contributed by atoms with Crippen LogP contribution in [0, 0.1) is 3.57 Å². The van der Waals surface area contributed by atoms with E-state index < -0.39 is 0 Å². The van der Waals surface area contributed by atoms with E-state index in [0.29, 0.717) is 5.55 Å². The van der Waals surface area contributed by atoms with Crippen LogP contribution in [0.4, 0.5) is 0 Å². The molecule has 3 heteroatoms. The Labute approximate surface area is 124 Å². The Balaban J connectivity index is 2.43. The highest BCUT2D eigenvalue weighted by molar-refractivity contribution is 14.1. The molecule has 0 fully saturated rings. The van der Waals surface area contributed by atoms with E-state index in [1.54, 1.807) is 7.05 Å². The second kappa shape index (κ2) is 5.17. The molecule has 0 bridgehead atoms. The molecule has 1 aromatic heterocycles. The van der Waals surface area contributed by atoms with Gasteiger partial charge >= 0.3 is 0 Å². The average Bonchev–Trinajstić information content (AvgIpc) is 2.49. The lowest BCUT2D eigenvalue weighted by Crippen LogP contribution is -2.05. The molecule has 0 aliphatic heterocycles. The zero-order valence-electron chi connectivity index (χ0n) is 10.4. The Morgan fingerprint density at radius 2 is 1.53 bits per heavy atom. The highest BCUT2D eigenvalue weighted by Gasteiger charge is 2.11. The van der Waals surface area contributed by atoms with Crippen LogP contribution in [-0.2, 0) is 0 Å². The van der Waals surface area contributed by atoms with E-state index in [1.165, 1.54) is 5.39 Å². The van der Waals surface area contributed by atoms with Crippen molar-refractivity contribution in [2.24, 2.45) is 4.99 Å². The van der Waals surface area contributed by atoms with E-state index in [0.717, 1.165) is 20.3 Å². The first kappa shape index (κ1) is 12.4. The van der Waals surface area contributed by atoms with Crippen LogP contribution in [0.3, 0.4) is 0 Å². The standard InChI is InChI=1S/C16H12INO/c1-18-16-13-10-6-5-9-12(13)14(17)15(19-16)11-7-3-2-4-8-11/h2-10H,1H3. The van der Waals surface area contributed by atoms with Gasteiger partial charge in [0, 0.05) is 23.4 Å². The second-order valence-corrected chi connectivity index (χ2v) is 5.26. The fourth-order valence-electron chi connectivity index (χ4n) is 2.12. The Morgan fingerprint density at radius 1 is 0.895 bits per heavy atom. The number of nitrogens with zero attached hydrogens (tertiary/aromatic N) is 1. The van der Waals surface area contributed by atoms with E-state index in [-0.39, 0.29) is 0 Å². The SMILES string of the molecule is CN=c1oc(-c2ccccc2)c(I)c2ccccc12. The van der Waals surface area contributed by atoms with Crippen LogP contribution in [0.2, 0.25) is 0 Å². The monoisotopic (exact) mass is 361 g/mol. The molecule has 1 heterocycles. The molecule has 0 aliphatic carbocycles. The van der Waals surface area contributed by atoms with Crippen molar-refractivity contribution in [3.05, 3.63) is 63.7 Å². The van der Waals surface area contributed by atoms with E-state index >= 15 is 0 Å². The topological polar surface area (TPSA) is 25.5 Å². The molecule has 3 rings (SSSR count). The Morgan fingerprint density at radius 3 is 2.21 bits per heavy atom. The van der Waals surface area contributed by atoms with Crippen LogP contribution in [0.15, 0.2) is 64.0 Å². The molecule has 0 atom stereocenters. The number of fused-ring (bicyclic) bond motifs is 1. The summed E-state index contributed by atoms with van der Waals surface area (Å²) in [5.41, 5.74) is 1.75. The van der Waals surface area contributed by atoms with Gasteiger partial charge in [-0.1, -0.05) is 48.5 Å². The molecule has 3 aromatic rings. The molecule has 94 valence electrons. The maximum absolute atomic E-state index is 5.98. The highest BCUT2D eigenvalue weighted by Crippen LogP contribution is 2.29. The lowest BCUT2D eigenvalue weighted by Gasteiger charge is -2.07. The fraction of sp³-hybridized carbons (Fsp3) is 0.0625. The maximum atomic E-state index is 5.98.